The minimum atomic E-state index is -0.937. The predicted molar refractivity (Wildman–Crippen MR) is 125 cm³/mol. The van der Waals surface area contributed by atoms with Crippen LogP contribution in [0.15, 0.2) is 36.4 Å². The van der Waals surface area contributed by atoms with Crippen LogP contribution in [0.1, 0.15) is 54.1 Å². The summed E-state index contributed by atoms with van der Waals surface area (Å²) in [6.07, 6.45) is 5.19. The van der Waals surface area contributed by atoms with Crippen molar-refractivity contribution in [1.82, 2.24) is 0 Å². The van der Waals surface area contributed by atoms with E-state index in [9.17, 15) is 15.0 Å². The Morgan fingerprint density at radius 3 is 2.81 bits per heavy atom. The number of aliphatic hydroxyl groups is 1. The molecule has 2 aromatic carbocycles. The number of aryl methyl sites for hydroxylation is 1. The summed E-state index contributed by atoms with van der Waals surface area (Å²) in [5, 5.41) is 20.3. The largest absolute Gasteiger partial charge is 0.490 e. The molecule has 0 saturated heterocycles. The molecule has 3 atom stereocenters. The molecule has 170 valence electrons. The van der Waals surface area contributed by atoms with Crippen LogP contribution in [-0.2, 0) is 11.8 Å². The Labute approximate surface area is 194 Å². The number of hydrogen-bond acceptors (Lipinski definition) is 4. The summed E-state index contributed by atoms with van der Waals surface area (Å²) in [6, 6.07) is 11.4. The van der Waals surface area contributed by atoms with Gasteiger partial charge in [0.25, 0.3) is 0 Å². The Bertz CT molecular complexity index is 1050. The summed E-state index contributed by atoms with van der Waals surface area (Å²) in [7, 11) is 0. The van der Waals surface area contributed by atoms with Crippen LogP contribution in [0.3, 0.4) is 0 Å². The zero-order valence-electron chi connectivity index (χ0n) is 18.4. The number of aliphatic hydroxyl groups excluding tert-OH is 1. The lowest BCUT2D eigenvalue weighted by atomic mass is 9.61. The average Bonchev–Trinajstić information content (AvgIpc) is 2.93. The molecule has 2 N–H and O–H groups in total. The van der Waals surface area contributed by atoms with Gasteiger partial charge in [0.05, 0.1) is 17.9 Å². The monoisotopic (exact) mass is 455 g/mol. The van der Waals surface area contributed by atoms with E-state index in [-0.39, 0.29) is 23.0 Å². The number of benzene rings is 2. The van der Waals surface area contributed by atoms with E-state index in [0.717, 1.165) is 61.7 Å². The van der Waals surface area contributed by atoms with Gasteiger partial charge in [-0.15, -0.1) is 0 Å². The molecule has 1 heterocycles. The zero-order chi connectivity index (χ0) is 22.5. The third-order valence-electron chi connectivity index (χ3n) is 8.14. The third kappa shape index (κ3) is 3.56. The third-order valence-corrected chi connectivity index (χ3v) is 8.37. The Balaban J connectivity index is 1.57. The van der Waals surface area contributed by atoms with Crippen molar-refractivity contribution in [3.8, 4) is 5.75 Å². The molecule has 6 heteroatoms. The molecule has 0 radical (unpaired) electrons. The van der Waals surface area contributed by atoms with Crippen molar-refractivity contribution in [2.24, 2.45) is 11.3 Å². The van der Waals surface area contributed by atoms with Gasteiger partial charge >= 0.3 is 5.97 Å². The van der Waals surface area contributed by atoms with Crippen molar-refractivity contribution >= 4 is 23.3 Å². The van der Waals surface area contributed by atoms with Crippen LogP contribution in [-0.4, -0.2) is 42.5 Å². The first-order chi connectivity index (χ1) is 15.3. The standard InChI is InChI=1S/C26H30ClNO4/c1-25(15-29)10-8-19(25)13-28-14-26(9-2-3-17-11-20(27)5-6-21(17)26)16-32-23-7-4-18(24(30)31)12-22(23)28/h4-7,11-12,19,29H,2-3,8-10,13-16H2,1H3,(H,30,31)/t19-,25+,26?/m1/s1. The first-order valence-electron chi connectivity index (χ1n) is 11.5. The minimum absolute atomic E-state index is 0.0805. The van der Waals surface area contributed by atoms with Crippen LogP contribution in [0, 0.1) is 11.3 Å². The number of ether oxygens (including phenoxy) is 1. The van der Waals surface area contributed by atoms with Gasteiger partial charge in [-0.05, 0) is 84.9 Å². The molecule has 1 unspecified atom stereocenters. The number of hydrogen-bond donors (Lipinski definition) is 2. The van der Waals surface area contributed by atoms with E-state index in [1.807, 2.05) is 6.07 Å². The van der Waals surface area contributed by atoms with E-state index >= 15 is 0 Å². The number of nitrogens with zero attached hydrogens (tertiary/aromatic N) is 1. The van der Waals surface area contributed by atoms with Crippen LogP contribution < -0.4 is 9.64 Å². The molecule has 2 aliphatic carbocycles. The van der Waals surface area contributed by atoms with Crippen LogP contribution in [0.4, 0.5) is 5.69 Å². The van der Waals surface area contributed by atoms with Crippen LogP contribution in [0.2, 0.25) is 5.02 Å². The number of aromatic carboxylic acids is 1. The average molecular weight is 456 g/mol. The molecule has 5 nitrogen and oxygen atoms in total. The lowest BCUT2D eigenvalue weighted by molar-refractivity contribution is -0.00580. The predicted octanol–water partition coefficient (Wildman–Crippen LogP) is 4.92. The molecule has 1 fully saturated rings. The first kappa shape index (κ1) is 21.6. The Kier molecular flexibility index (Phi) is 5.37. The highest BCUT2D eigenvalue weighted by atomic mass is 35.5. The highest BCUT2D eigenvalue weighted by molar-refractivity contribution is 6.30. The Hall–Kier alpha value is -2.24. The van der Waals surface area contributed by atoms with Crippen LogP contribution in [0.25, 0.3) is 0 Å². The van der Waals surface area contributed by atoms with Gasteiger partial charge in [0.2, 0.25) is 0 Å². The van der Waals surface area contributed by atoms with Gasteiger partial charge in [-0.25, -0.2) is 4.79 Å². The number of rotatable bonds is 4. The second kappa shape index (κ2) is 7.96. The van der Waals surface area contributed by atoms with E-state index in [1.54, 1.807) is 18.2 Å². The van der Waals surface area contributed by atoms with Gasteiger partial charge in [-0.2, -0.15) is 0 Å². The second-order valence-electron chi connectivity index (χ2n) is 10.1. The highest BCUT2D eigenvalue weighted by Crippen LogP contribution is 2.49. The fourth-order valence-electron chi connectivity index (χ4n) is 5.87. The molecular formula is C26H30ClNO4. The fourth-order valence-corrected chi connectivity index (χ4v) is 6.07. The smallest absolute Gasteiger partial charge is 0.335 e. The molecule has 2 aromatic rings. The lowest BCUT2D eigenvalue weighted by Crippen LogP contribution is -2.51. The van der Waals surface area contributed by atoms with Crippen molar-refractivity contribution in [2.45, 2.75) is 44.4 Å². The summed E-state index contributed by atoms with van der Waals surface area (Å²) in [5.41, 5.74) is 3.43. The second-order valence-corrected chi connectivity index (χ2v) is 10.6. The summed E-state index contributed by atoms with van der Waals surface area (Å²) in [5.74, 6) is 0.156. The molecule has 0 aromatic heterocycles. The summed E-state index contributed by atoms with van der Waals surface area (Å²) >= 11 is 6.31. The molecule has 32 heavy (non-hydrogen) atoms. The number of carboxylic acid groups (broad SMARTS) is 1. The summed E-state index contributed by atoms with van der Waals surface area (Å²) < 4.78 is 6.39. The number of halogens is 1. The summed E-state index contributed by atoms with van der Waals surface area (Å²) in [4.78, 5) is 14.0. The normalized spacial score (nSPS) is 28.8. The quantitative estimate of drug-likeness (QED) is 0.684. The SMILES string of the molecule is C[C@@]1(CO)CC[C@@H]1CN1CC2(CCCc3cc(Cl)ccc32)COc2ccc(C(=O)O)cc21. The maximum absolute atomic E-state index is 11.7. The van der Waals surface area contributed by atoms with Gasteiger partial charge in [0.15, 0.2) is 0 Å². The molecular weight excluding hydrogens is 426 g/mol. The minimum Gasteiger partial charge on any atom is -0.490 e. The Morgan fingerprint density at radius 2 is 2.09 bits per heavy atom. The molecule has 5 rings (SSSR count). The van der Waals surface area contributed by atoms with Gasteiger partial charge < -0.3 is 19.8 Å². The zero-order valence-corrected chi connectivity index (χ0v) is 19.2. The first-order valence-corrected chi connectivity index (χ1v) is 11.9. The fraction of sp³-hybridized carbons (Fsp3) is 0.500. The van der Waals surface area contributed by atoms with E-state index < -0.39 is 5.97 Å². The van der Waals surface area contributed by atoms with Crippen molar-refractivity contribution in [3.05, 3.63) is 58.1 Å². The van der Waals surface area contributed by atoms with E-state index in [2.05, 4.69) is 24.0 Å². The van der Waals surface area contributed by atoms with E-state index in [0.29, 0.717) is 12.5 Å². The van der Waals surface area contributed by atoms with E-state index in [4.69, 9.17) is 16.3 Å². The highest BCUT2D eigenvalue weighted by Gasteiger charge is 2.46. The number of anilines is 1. The van der Waals surface area contributed by atoms with Gasteiger partial charge in [0, 0.05) is 30.1 Å². The van der Waals surface area contributed by atoms with Gasteiger partial charge in [0.1, 0.15) is 5.75 Å². The van der Waals surface area contributed by atoms with Crippen LogP contribution in [0.5, 0.6) is 5.75 Å². The number of fused-ring (bicyclic) bond motifs is 3. The summed E-state index contributed by atoms with van der Waals surface area (Å²) in [6.45, 7) is 4.42. The van der Waals surface area contributed by atoms with Gasteiger partial charge in [-0.3, -0.25) is 0 Å². The van der Waals surface area contributed by atoms with Crippen molar-refractivity contribution < 1.29 is 19.7 Å². The van der Waals surface area contributed by atoms with Crippen molar-refractivity contribution in [3.63, 3.8) is 0 Å². The maximum Gasteiger partial charge on any atom is 0.335 e. The van der Waals surface area contributed by atoms with Gasteiger partial charge in [-0.1, -0.05) is 24.6 Å². The number of carboxylic acids is 1. The van der Waals surface area contributed by atoms with E-state index in [1.165, 1.54) is 11.1 Å². The Morgan fingerprint density at radius 1 is 1.25 bits per heavy atom. The van der Waals surface area contributed by atoms with Crippen molar-refractivity contribution in [1.29, 1.82) is 0 Å². The molecule has 1 aliphatic heterocycles. The molecule has 3 aliphatic rings. The lowest BCUT2D eigenvalue weighted by Gasteiger charge is -2.49. The molecule has 1 spiro atoms. The topological polar surface area (TPSA) is 70.0 Å². The van der Waals surface area contributed by atoms with Crippen molar-refractivity contribution in [2.75, 3.05) is 31.2 Å². The molecule has 1 saturated carbocycles. The number of carbonyl (C=O) groups is 1. The molecule has 0 bridgehead atoms. The maximum atomic E-state index is 11.7. The van der Waals surface area contributed by atoms with Crippen LogP contribution >= 0.6 is 11.6 Å². The molecule has 0 amide bonds.